The Hall–Kier alpha value is -4.63. The van der Waals surface area contributed by atoms with Gasteiger partial charge in [-0.3, -0.25) is 14.4 Å². The van der Waals surface area contributed by atoms with Gasteiger partial charge in [0, 0.05) is 16.9 Å². The molecule has 1 heterocycles. The zero-order valence-corrected chi connectivity index (χ0v) is 21.5. The Morgan fingerprint density at radius 2 is 1.58 bits per heavy atom. The summed E-state index contributed by atoms with van der Waals surface area (Å²) < 4.78 is 10.4. The Kier molecular flexibility index (Phi) is 7.78. The summed E-state index contributed by atoms with van der Waals surface area (Å²) in [6.45, 7) is 3.52. The molecule has 0 aliphatic carbocycles. The molecule has 38 heavy (non-hydrogen) atoms. The predicted molar refractivity (Wildman–Crippen MR) is 143 cm³/mol. The molecule has 1 aliphatic heterocycles. The highest BCUT2D eigenvalue weighted by Crippen LogP contribution is 2.35. The first kappa shape index (κ1) is 26.4. The van der Waals surface area contributed by atoms with Crippen molar-refractivity contribution in [2.75, 3.05) is 22.6 Å². The first-order valence-corrected chi connectivity index (χ1v) is 12.0. The summed E-state index contributed by atoms with van der Waals surface area (Å²) in [5, 5.41) is 5.33. The van der Waals surface area contributed by atoms with E-state index in [1.54, 1.807) is 80.6 Å². The zero-order valence-electron chi connectivity index (χ0n) is 20.8. The number of hydrogen-bond acceptors (Lipinski definition) is 7. The van der Waals surface area contributed by atoms with Crippen LogP contribution < -0.4 is 20.3 Å². The molecule has 10 heteroatoms. The molecule has 3 aromatic rings. The molecule has 3 amide bonds. The van der Waals surface area contributed by atoms with Gasteiger partial charge in [-0.1, -0.05) is 29.8 Å². The first-order chi connectivity index (χ1) is 18.2. The molecule has 1 aliphatic rings. The normalized spacial score (nSPS) is 13.1. The fourth-order valence-electron chi connectivity index (χ4n) is 3.70. The van der Waals surface area contributed by atoms with Crippen molar-refractivity contribution in [3.8, 4) is 5.75 Å². The highest BCUT2D eigenvalue weighted by molar-refractivity contribution is 6.53. The number of methoxy groups -OCH3 is 1. The van der Waals surface area contributed by atoms with Gasteiger partial charge >= 0.3 is 5.97 Å². The maximum absolute atomic E-state index is 13.1. The lowest BCUT2D eigenvalue weighted by atomic mass is 10.1. The van der Waals surface area contributed by atoms with E-state index >= 15 is 0 Å². The molecule has 0 unspecified atom stereocenters. The lowest BCUT2D eigenvalue weighted by Gasteiger charge is -2.18. The van der Waals surface area contributed by atoms with E-state index in [4.69, 9.17) is 21.1 Å². The van der Waals surface area contributed by atoms with Crippen LogP contribution in [0.25, 0.3) is 0 Å². The number of carbonyl (C=O) groups is 4. The van der Waals surface area contributed by atoms with Crippen LogP contribution in [0.3, 0.4) is 0 Å². The number of esters is 1. The van der Waals surface area contributed by atoms with E-state index in [2.05, 4.69) is 10.6 Å². The van der Waals surface area contributed by atoms with Crippen molar-refractivity contribution in [3.05, 3.63) is 94.7 Å². The summed E-state index contributed by atoms with van der Waals surface area (Å²) in [7, 11) is 1.43. The summed E-state index contributed by atoms with van der Waals surface area (Å²) >= 11 is 6.24. The topological polar surface area (TPSA) is 114 Å². The summed E-state index contributed by atoms with van der Waals surface area (Å²) in [4.78, 5) is 51.7. The van der Waals surface area contributed by atoms with Gasteiger partial charge in [0.25, 0.3) is 17.7 Å². The largest absolute Gasteiger partial charge is 0.495 e. The average Bonchev–Trinajstić information content (AvgIpc) is 3.11. The lowest BCUT2D eigenvalue weighted by Crippen LogP contribution is -2.32. The van der Waals surface area contributed by atoms with Crippen molar-refractivity contribution >= 4 is 52.4 Å². The predicted octanol–water partition coefficient (Wildman–Crippen LogP) is 4.95. The van der Waals surface area contributed by atoms with Crippen LogP contribution in [0.2, 0.25) is 0 Å². The van der Waals surface area contributed by atoms with Gasteiger partial charge in [-0.25, -0.2) is 9.69 Å². The van der Waals surface area contributed by atoms with E-state index in [1.165, 1.54) is 13.2 Å². The number of rotatable bonds is 8. The minimum atomic E-state index is -0.696. The van der Waals surface area contributed by atoms with Crippen LogP contribution in [-0.2, 0) is 14.3 Å². The highest BCUT2D eigenvalue weighted by Gasteiger charge is 2.40. The number of para-hydroxylation sites is 2. The summed E-state index contributed by atoms with van der Waals surface area (Å²) in [5.41, 5.74) is 1.64. The number of anilines is 3. The van der Waals surface area contributed by atoms with Crippen molar-refractivity contribution < 1.29 is 28.7 Å². The van der Waals surface area contributed by atoms with Crippen molar-refractivity contribution in [2.45, 2.75) is 20.0 Å². The third-order valence-electron chi connectivity index (χ3n) is 5.47. The van der Waals surface area contributed by atoms with Crippen LogP contribution in [0.1, 0.15) is 34.6 Å². The van der Waals surface area contributed by atoms with E-state index in [0.29, 0.717) is 22.7 Å². The minimum Gasteiger partial charge on any atom is -0.495 e. The van der Waals surface area contributed by atoms with Crippen LogP contribution in [0.15, 0.2) is 83.5 Å². The Morgan fingerprint density at radius 1 is 0.868 bits per heavy atom. The minimum absolute atomic E-state index is 0.121. The monoisotopic (exact) mass is 533 g/mol. The highest BCUT2D eigenvalue weighted by atomic mass is 35.5. The second kappa shape index (κ2) is 11.2. The number of imide groups is 1. The maximum atomic E-state index is 13.1. The Balaban J connectivity index is 1.48. The van der Waals surface area contributed by atoms with Gasteiger partial charge in [0.15, 0.2) is 0 Å². The first-order valence-electron chi connectivity index (χ1n) is 11.6. The standard InChI is InChI=1S/C28H24ClN3O6/c1-16(2)38-28(36)17-11-13-19(14-12-17)31-25(33)18-7-6-8-20(15-18)30-24-23(29)26(34)32(27(24)35)21-9-4-5-10-22(21)37-3/h4-16,30H,1-3H3,(H,31,33). The molecule has 3 aromatic carbocycles. The molecule has 0 saturated carbocycles. The molecular weight excluding hydrogens is 510 g/mol. The molecule has 0 radical (unpaired) electrons. The molecular formula is C28H24ClN3O6. The molecule has 4 rings (SSSR count). The number of amides is 3. The van der Waals surface area contributed by atoms with E-state index in [9.17, 15) is 19.2 Å². The number of ether oxygens (including phenoxy) is 2. The second-order valence-corrected chi connectivity index (χ2v) is 8.88. The molecule has 0 spiro atoms. The van der Waals surface area contributed by atoms with Gasteiger partial charge in [-0.2, -0.15) is 0 Å². The quantitative estimate of drug-likeness (QED) is 0.311. The number of nitrogens with zero attached hydrogens (tertiary/aromatic N) is 1. The Morgan fingerprint density at radius 3 is 2.26 bits per heavy atom. The van der Waals surface area contributed by atoms with Crippen molar-refractivity contribution in [1.82, 2.24) is 0 Å². The average molecular weight is 534 g/mol. The number of carbonyl (C=O) groups excluding carboxylic acids is 4. The summed E-state index contributed by atoms with van der Waals surface area (Å²) in [6.07, 6.45) is -0.240. The van der Waals surface area contributed by atoms with Gasteiger partial charge < -0.3 is 20.1 Å². The van der Waals surface area contributed by atoms with Crippen LogP contribution >= 0.6 is 11.6 Å². The molecule has 194 valence electrons. The van der Waals surface area contributed by atoms with Crippen LogP contribution in [0.4, 0.5) is 17.1 Å². The number of benzene rings is 3. The van der Waals surface area contributed by atoms with Crippen LogP contribution in [-0.4, -0.2) is 36.9 Å². The molecule has 0 saturated heterocycles. The van der Waals surface area contributed by atoms with E-state index in [0.717, 1.165) is 4.90 Å². The molecule has 0 bridgehead atoms. The Bertz CT molecular complexity index is 1450. The summed E-state index contributed by atoms with van der Waals surface area (Å²) in [6, 6.07) is 19.3. The number of hydrogen-bond donors (Lipinski definition) is 2. The third kappa shape index (κ3) is 5.52. The SMILES string of the molecule is COc1ccccc1N1C(=O)C(Cl)=C(Nc2cccc(C(=O)Nc3ccc(C(=O)OC(C)C)cc3)c2)C1=O. The fourth-order valence-corrected chi connectivity index (χ4v) is 3.91. The molecule has 0 aromatic heterocycles. The van der Waals surface area contributed by atoms with E-state index < -0.39 is 23.7 Å². The number of halogens is 1. The molecule has 9 nitrogen and oxygen atoms in total. The van der Waals surface area contributed by atoms with E-state index in [-0.39, 0.29) is 28.1 Å². The Labute approximate surface area is 224 Å². The second-order valence-electron chi connectivity index (χ2n) is 8.50. The van der Waals surface area contributed by atoms with Gasteiger partial charge in [0.2, 0.25) is 0 Å². The van der Waals surface area contributed by atoms with Crippen molar-refractivity contribution in [3.63, 3.8) is 0 Å². The number of nitrogens with one attached hydrogen (secondary N) is 2. The van der Waals surface area contributed by atoms with Gasteiger partial charge in [-0.05, 0) is 68.4 Å². The molecule has 0 fully saturated rings. The fraction of sp³-hybridized carbons (Fsp3) is 0.143. The lowest BCUT2D eigenvalue weighted by molar-refractivity contribution is -0.120. The summed E-state index contributed by atoms with van der Waals surface area (Å²) in [5.74, 6) is -1.89. The van der Waals surface area contributed by atoms with Gasteiger partial charge in [0.1, 0.15) is 16.5 Å². The van der Waals surface area contributed by atoms with Crippen LogP contribution in [0, 0.1) is 0 Å². The third-order valence-corrected chi connectivity index (χ3v) is 5.82. The van der Waals surface area contributed by atoms with Crippen LogP contribution in [0.5, 0.6) is 5.75 Å². The maximum Gasteiger partial charge on any atom is 0.338 e. The van der Waals surface area contributed by atoms with Gasteiger partial charge in [-0.15, -0.1) is 0 Å². The molecule has 0 atom stereocenters. The zero-order chi connectivity index (χ0) is 27.4. The van der Waals surface area contributed by atoms with E-state index in [1.807, 2.05) is 0 Å². The van der Waals surface area contributed by atoms with Crippen molar-refractivity contribution in [1.29, 1.82) is 0 Å². The smallest absolute Gasteiger partial charge is 0.338 e. The van der Waals surface area contributed by atoms with Gasteiger partial charge in [0.05, 0.1) is 24.5 Å². The van der Waals surface area contributed by atoms with Crippen molar-refractivity contribution in [2.24, 2.45) is 0 Å². The molecule has 2 N–H and O–H groups in total.